The zero-order valence-corrected chi connectivity index (χ0v) is 18.3. The minimum atomic E-state index is -0.673. The van der Waals surface area contributed by atoms with E-state index >= 15 is 0 Å². The van der Waals surface area contributed by atoms with Gasteiger partial charge >= 0.3 is 0 Å². The molecular weight excluding hydrogens is 450 g/mol. The molecule has 4 rings (SSSR count). The number of nitrogens with one attached hydrogen (secondary N) is 1. The summed E-state index contributed by atoms with van der Waals surface area (Å²) in [6, 6.07) is 15.8. The topological polar surface area (TPSA) is 58.6 Å². The van der Waals surface area contributed by atoms with Gasteiger partial charge in [-0.15, -0.1) is 0 Å². The van der Waals surface area contributed by atoms with Crippen LogP contribution < -0.4 is 15.0 Å². The molecule has 0 aromatic heterocycles. The molecule has 0 spiro atoms. The van der Waals surface area contributed by atoms with E-state index in [-0.39, 0.29) is 22.0 Å². The third-order valence-electron chi connectivity index (χ3n) is 4.95. The third-order valence-corrected chi connectivity index (χ3v) is 5.24. The van der Waals surface area contributed by atoms with Gasteiger partial charge in [0.15, 0.2) is 0 Å². The molecule has 0 unspecified atom stereocenters. The van der Waals surface area contributed by atoms with E-state index in [2.05, 4.69) is 5.32 Å². The number of rotatable bonds is 7. The molecule has 0 bridgehead atoms. The van der Waals surface area contributed by atoms with E-state index in [0.29, 0.717) is 23.6 Å². The van der Waals surface area contributed by atoms with Crippen molar-refractivity contribution in [2.75, 3.05) is 16.8 Å². The van der Waals surface area contributed by atoms with Gasteiger partial charge in [-0.1, -0.05) is 36.7 Å². The first kappa shape index (κ1) is 22.5. The molecule has 1 aliphatic rings. The van der Waals surface area contributed by atoms with E-state index in [0.717, 1.165) is 17.4 Å². The van der Waals surface area contributed by atoms with Crippen LogP contribution in [0.15, 0.2) is 72.4 Å². The van der Waals surface area contributed by atoms with Gasteiger partial charge < -0.3 is 10.1 Å². The highest BCUT2D eigenvalue weighted by Crippen LogP contribution is 2.35. The van der Waals surface area contributed by atoms with Gasteiger partial charge in [0, 0.05) is 11.8 Å². The Labute approximate surface area is 194 Å². The lowest BCUT2D eigenvalue weighted by Gasteiger charge is -2.16. The molecule has 0 saturated carbocycles. The number of hydrogen-bond donors (Lipinski definition) is 1. The molecule has 3 aromatic rings. The summed E-state index contributed by atoms with van der Waals surface area (Å²) in [5, 5.41) is 2.79. The quantitative estimate of drug-likeness (QED) is 0.445. The minimum absolute atomic E-state index is 0.000280. The molecule has 3 aromatic carbocycles. The summed E-state index contributed by atoms with van der Waals surface area (Å²) in [4.78, 5) is 27.6. The molecule has 5 nitrogen and oxygen atoms in total. The molecule has 0 saturated heterocycles. The molecule has 0 atom stereocenters. The molecule has 168 valence electrons. The highest BCUT2D eigenvalue weighted by atomic mass is 35.5. The highest BCUT2D eigenvalue weighted by Gasteiger charge is 2.40. The molecule has 0 radical (unpaired) electrons. The van der Waals surface area contributed by atoms with E-state index in [1.165, 1.54) is 36.4 Å². The molecule has 1 aliphatic heterocycles. The molecular formula is C25H19ClF2N2O3. The summed E-state index contributed by atoms with van der Waals surface area (Å²) in [5.41, 5.74) is 1.05. The Kier molecular flexibility index (Phi) is 6.42. The van der Waals surface area contributed by atoms with E-state index in [9.17, 15) is 18.4 Å². The predicted molar refractivity (Wildman–Crippen MR) is 123 cm³/mol. The van der Waals surface area contributed by atoms with Gasteiger partial charge in [-0.3, -0.25) is 9.59 Å². The van der Waals surface area contributed by atoms with Crippen molar-refractivity contribution < 1.29 is 23.1 Å². The normalized spacial score (nSPS) is 13.6. The van der Waals surface area contributed by atoms with Gasteiger partial charge in [0.25, 0.3) is 11.8 Å². The molecule has 0 aliphatic carbocycles. The predicted octanol–water partition coefficient (Wildman–Crippen LogP) is 5.80. The van der Waals surface area contributed by atoms with Crippen molar-refractivity contribution in [3.63, 3.8) is 0 Å². The van der Waals surface area contributed by atoms with Crippen LogP contribution >= 0.6 is 11.6 Å². The Morgan fingerprint density at radius 2 is 1.73 bits per heavy atom. The van der Waals surface area contributed by atoms with Crippen LogP contribution in [0.5, 0.6) is 5.75 Å². The van der Waals surface area contributed by atoms with Crippen molar-refractivity contribution in [2.24, 2.45) is 0 Å². The molecule has 1 heterocycles. The Morgan fingerprint density at radius 3 is 2.42 bits per heavy atom. The van der Waals surface area contributed by atoms with Gasteiger partial charge in [0.05, 0.1) is 22.9 Å². The van der Waals surface area contributed by atoms with Crippen LogP contribution in [0, 0.1) is 11.6 Å². The number of carbonyl (C=O) groups is 2. The van der Waals surface area contributed by atoms with E-state index in [4.69, 9.17) is 16.3 Å². The van der Waals surface area contributed by atoms with Crippen LogP contribution in [0.1, 0.15) is 18.9 Å². The van der Waals surface area contributed by atoms with Gasteiger partial charge in [0.2, 0.25) is 0 Å². The summed E-state index contributed by atoms with van der Waals surface area (Å²) in [6.45, 7) is 2.52. The van der Waals surface area contributed by atoms with Gasteiger partial charge in [-0.25, -0.2) is 13.7 Å². The standard InChI is InChI=1S/C25H19ClF2N2O3/c1-2-12-33-19-5-3-4-17(13-19)29-23-22(15-6-8-16(27)9-7-15)24(31)30(25(23)32)18-10-11-21(28)20(26)14-18/h3-11,13-14,29H,2,12H2,1H3. The largest absolute Gasteiger partial charge is 0.494 e. The van der Waals surface area contributed by atoms with Crippen molar-refractivity contribution in [1.29, 1.82) is 0 Å². The van der Waals surface area contributed by atoms with E-state index in [1.54, 1.807) is 24.3 Å². The van der Waals surface area contributed by atoms with Crippen molar-refractivity contribution in [2.45, 2.75) is 13.3 Å². The van der Waals surface area contributed by atoms with Gasteiger partial charge in [-0.2, -0.15) is 0 Å². The molecule has 8 heteroatoms. The van der Waals surface area contributed by atoms with Gasteiger partial charge in [-0.05, 0) is 54.4 Å². The van der Waals surface area contributed by atoms with Crippen molar-refractivity contribution in [3.05, 3.63) is 94.6 Å². The summed E-state index contributed by atoms with van der Waals surface area (Å²) < 4.78 is 32.8. The van der Waals surface area contributed by atoms with Crippen molar-refractivity contribution >= 4 is 40.4 Å². The second kappa shape index (κ2) is 9.42. The number of imide groups is 1. The highest BCUT2D eigenvalue weighted by molar-refractivity contribution is 6.46. The fourth-order valence-corrected chi connectivity index (χ4v) is 3.59. The maximum Gasteiger partial charge on any atom is 0.282 e. The smallest absolute Gasteiger partial charge is 0.282 e. The zero-order chi connectivity index (χ0) is 23.5. The maximum absolute atomic E-state index is 13.7. The number of nitrogens with zero attached hydrogens (tertiary/aromatic N) is 1. The average molecular weight is 469 g/mol. The number of hydrogen-bond acceptors (Lipinski definition) is 4. The maximum atomic E-state index is 13.7. The lowest BCUT2D eigenvalue weighted by Crippen LogP contribution is -2.32. The van der Waals surface area contributed by atoms with Gasteiger partial charge in [0.1, 0.15) is 23.1 Å². The number of anilines is 2. The van der Waals surface area contributed by atoms with Crippen LogP contribution in [0.2, 0.25) is 5.02 Å². The van der Waals surface area contributed by atoms with Crippen LogP contribution in [0.4, 0.5) is 20.2 Å². The third kappa shape index (κ3) is 4.59. The monoisotopic (exact) mass is 468 g/mol. The van der Waals surface area contributed by atoms with E-state index in [1.807, 2.05) is 6.92 Å². The van der Waals surface area contributed by atoms with Crippen LogP contribution in [-0.4, -0.2) is 18.4 Å². The number of ether oxygens (including phenoxy) is 1. The summed E-state index contributed by atoms with van der Waals surface area (Å²) >= 11 is 5.87. The Bertz CT molecular complexity index is 1260. The Balaban J connectivity index is 1.77. The summed E-state index contributed by atoms with van der Waals surface area (Å²) in [5.74, 6) is -1.84. The lowest BCUT2D eigenvalue weighted by atomic mass is 10.0. The molecule has 33 heavy (non-hydrogen) atoms. The number of halogens is 3. The second-order valence-corrected chi connectivity index (χ2v) is 7.71. The SMILES string of the molecule is CCCOc1cccc(NC2=C(c3ccc(F)cc3)C(=O)N(c3ccc(F)c(Cl)c3)C2=O)c1. The number of benzene rings is 3. The zero-order valence-electron chi connectivity index (χ0n) is 17.6. The number of amides is 2. The first-order valence-corrected chi connectivity index (χ1v) is 10.6. The fourth-order valence-electron chi connectivity index (χ4n) is 3.42. The summed E-state index contributed by atoms with van der Waals surface area (Å²) in [7, 11) is 0. The fraction of sp³-hybridized carbons (Fsp3) is 0.120. The van der Waals surface area contributed by atoms with Crippen molar-refractivity contribution in [3.8, 4) is 5.75 Å². The average Bonchev–Trinajstić information content (AvgIpc) is 3.04. The van der Waals surface area contributed by atoms with Crippen LogP contribution in [0.25, 0.3) is 5.57 Å². The second-order valence-electron chi connectivity index (χ2n) is 7.30. The Hall–Kier alpha value is -3.71. The first-order valence-electron chi connectivity index (χ1n) is 10.2. The first-order chi connectivity index (χ1) is 15.9. The molecule has 1 N–H and O–H groups in total. The Morgan fingerprint density at radius 1 is 0.970 bits per heavy atom. The molecule has 2 amide bonds. The lowest BCUT2D eigenvalue weighted by molar-refractivity contribution is -0.120. The minimum Gasteiger partial charge on any atom is -0.494 e. The molecule has 0 fully saturated rings. The summed E-state index contributed by atoms with van der Waals surface area (Å²) in [6.07, 6.45) is 0.833. The van der Waals surface area contributed by atoms with E-state index < -0.39 is 23.4 Å². The number of carbonyl (C=O) groups excluding carboxylic acids is 2. The van der Waals surface area contributed by atoms with Crippen LogP contribution in [-0.2, 0) is 9.59 Å². The van der Waals surface area contributed by atoms with Crippen LogP contribution in [0.3, 0.4) is 0 Å². The van der Waals surface area contributed by atoms with Crippen molar-refractivity contribution in [1.82, 2.24) is 0 Å².